The van der Waals surface area contributed by atoms with E-state index in [1.807, 2.05) is 30.3 Å². The smallest absolute Gasteiger partial charge is 0.245 e. The van der Waals surface area contributed by atoms with E-state index in [1.54, 1.807) is 6.92 Å². The summed E-state index contributed by atoms with van der Waals surface area (Å²) in [6.07, 6.45) is 2.44. The lowest BCUT2D eigenvalue weighted by atomic mass is 10.1. The summed E-state index contributed by atoms with van der Waals surface area (Å²) in [6.45, 7) is 2.13. The number of tetrazole rings is 1. The zero-order valence-corrected chi connectivity index (χ0v) is 13.2. The molecule has 0 aliphatic rings. The summed E-state index contributed by atoms with van der Waals surface area (Å²) in [7, 11) is 0. The predicted octanol–water partition coefficient (Wildman–Crippen LogP) is 0.507. The summed E-state index contributed by atoms with van der Waals surface area (Å²) in [5.74, 6) is 0.910. The molecule has 3 rings (SSSR count). The van der Waals surface area contributed by atoms with Gasteiger partial charge in [0.25, 0.3) is 0 Å². The fourth-order valence-electron chi connectivity index (χ4n) is 2.31. The van der Waals surface area contributed by atoms with Gasteiger partial charge in [0.15, 0.2) is 5.82 Å². The summed E-state index contributed by atoms with van der Waals surface area (Å²) in [5.41, 5.74) is 1.03. The van der Waals surface area contributed by atoms with Crippen LogP contribution in [0.25, 0.3) is 0 Å². The Hall–Kier alpha value is -3.10. The fourth-order valence-corrected chi connectivity index (χ4v) is 2.31. The molecule has 0 spiro atoms. The van der Waals surface area contributed by atoms with Crippen LogP contribution >= 0.6 is 0 Å². The number of benzene rings is 1. The SMILES string of the molecule is Cc1nc(CCNC(=O)C(Cc2ccccc2)n2cnnn2)no1. The van der Waals surface area contributed by atoms with E-state index in [2.05, 4.69) is 31.0 Å². The van der Waals surface area contributed by atoms with Crippen LogP contribution in [0.2, 0.25) is 0 Å². The highest BCUT2D eigenvalue weighted by Gasteiger charge is 2.22. The minimum atomic E-state index is -0.519. The molecule has 0 radical (unpaired) electrons. The molecule has 1 N–H and O–H groups in total. The Labute approximate surface area is 138 Å². The van der Waals surface area contributed by atoms with Crippen molar-refractivity contribution in [1.82, 2.24) is 35.7 Å². The average molecular weight is 327 g/mol. The number of aromatic nitrogens is 6. The summed E-state index contributed by atoms with van der Waals surface area (Å²) in [5, 5.41) is 17.8. The second-order valence-corrected chi connectivity index (χ2v) is 5.27. The van der Waals surface area contributed by atoms with E-state index in [0.717, 1.165) is 5.56 Å². The van der Waals surface area contributed by atoms with Crippen LogP contribution in [-0.2, 0) is 17.6 Å². The molecule has 0 bridgehead atoms. The second kappa shape index (κ2) is 7.44. The maximum atomic E-state index is 12.5. The van der Waals surface area contributed by atoms with E-state index < -0.39 is 6.04 Å². The normalized spacial score (nSPS) is 12.0. The van der Waals surface area contributed by atoms with Crippen molar-refractivity contribution < 1.29 is 9.32 Å². The summed E-state index contributed by atoms with van der Waals surface area (Å²) >= 11 is 0. The van der Waals surface area contributed by atoms with E-state index >= 15 is 0 Å². The molecule has 1 amide bonds. The lowest BCUT2D eigenvalue weighted by molar-refractivity contribution is -0.124. The molecule has 3 aromatic rings. The van der Waals surface area contributed by atoms with E-state index in [4.69, 9.17) is 4.52 Å². The van der Waals surface area contributed by atoms with Gasteiger partial charge in [-0.1, -0.05) is 35.5 Å². The first-order valence-corrected chi connectivity index (χ1v) is 7.55. The fraction of sp³-hybridized carbons (Fsp3) is 0.333. The van der Waals surface area contributed by atoms with Crippen molar-refractivity contribution in [2.45, 2.75) is 25.8 Å². The van der Waals surface area contributed by atoms with Gasteiger partial charge in [-0.2, -0.15) is 4.98 Å². The van der Waals surface area contributed by atoms with Gasteiger partial charge in [0, 0.05) is 26.3 Å². The molecular weight excluding hydrogens is 310 g/mol. The maximum Gasteiger partial charge on any atom is 0.245 e. The van der Waals surface area contributed by atoms with Crippen LogP contribution in [0.4, 0.5) is 0 Å². The third-order valence-electron chi connectivity index (χ3n) is 3.48. The number of hydrogen-bond acceptors (Lipinski definition) is 7. The van der Waals surface area contributed by atoms with Crippen molar-refractivity contribution in [2.24, 2.45) is 0 Å². The first kappa shape index (κ1) is 15.8. The molecule has 9 heteroatoms. The van der Waals surface area contributed by atoms with Gasteiger partial charge < -0.3 is 9.84 Å². The molecule has 2 aromatic heterocycles. The van der Waals surface area contributed by atoms with E-state index in [-0.39, 0.29) is 5.91 Å². The van der Waals surface area contributed by atoms with Crippen molar-refractivity contribution in [1.29, 1.82) is 0 Å². The van der Waals surface area contributed by atoms with Crippen LogP contribution in [0, 0.1) is 6.92 Å². The zero-order valence-electron chi connectivity index (χ0n) is 13.2. The Morgan fingerprint density at radius 2 is 2.17 bits per heavy atom. The van der Waals surface area contributed by atoms with E-state index in [1.165, 1.54) is 11.0 Å². The van der Waals surface area contributed by atoms with Gasteiger partial charge in [0.1, 0.15) is 12.4 Å². The Balaban J connectivity index is 1.63. The van der Waals surface area contributed by atoms with Crippen molar-refractivity contribution in [3.63, 3.8) is 0 Å². The standard InChI is InChI=1S/C15H17N7O2/c1-11-18-14(19-24-11)7-8-16-15(23)13(22-10-17-20-21-22)9-12-5-3-2-4-6-12/h2-6,10,13H,7-9H2,1H3,(H,16,23). The number of amides is 1. The second-order valence-electron chi connectivity index (χ2n) is 5.27. The number of nitrogens with zero attached hydrogens (tertiary/aromatic N) is 6. The molecule has 9 nitrogen and oxygen atoms in total. The number of carbonyl (C=O) groups is 1. The minimum absolute atomic E-state index is 0.161. The van der Waals surface area contributed by atoms with E-state index in [0.29, 0.717) is 31.1 Å². The van der Waals surface area contributed by atoms with Crippen LogP contribution < -0.4 is 5.32 Å². The minimum Gasteiger partial charge on any atom is -0.354 e. The Kier molecular flexibility index (Phi) is 4.90. The van der Waals surface area contributed by atoms with Gasteiger partial charge in [-0.3, -0.25) is 4.79 Å². The largest absolute Gasteiger partial charge is 0.354 e. The molecule has 0 saturated heterocycles. The molecule has 1 aromatic carbocycles. The first-order valence-electron chi connectivity index (χ1n) is 7.55. The van der Waals surface area contributed by atoms with Crippen molar-refractivity contribution in [3.8, 4) is 0 Å². The van der Waals surface area contributed by atoms with Gasteiger partial charge in [-0.05, 0) is 16.0 Å². The topological polar surface area (TPSA) is 112 Å². The Morgan fingerprint density at radius 3 is 2.83 bits per heavy atom. The molecule has 0 saturated carbocycles. The average Bonchev–Trinajstić information content (AvgIpc) is 3.25. The predicted molar refractivity (Wildman–Crippen MR) is 82.7 cm³/mol. The van der Waals surface area contributed by atoms with Crippen LogP contribution in [0.3, 0.4) is 0 Å². The molecule has 0 aliphatic heterocycles. The quantitative estimate of drug-likeness (QED) is 0.672. The molecule has 0 fully saturated rings. The molecule has 124 valence electrons. The summed E-state index contributed by atoms with van der Waals surface area (Å²) < 4.78 is 6.36. The van der Waals surface area contributed by atoms with Gasteiger partial charge in [-0.25, -0.2) is 4.68 Å². The molecule has 1 atom stereocenters. The number of nitrogens with one attached hydrogen (secondary N) is 1. The highest BCUT2D eigenvalue weighted by Crippen LogP contribution is 2.13. The summed E-state index contributed by atoms with van der Waals surface area (Å²) in [4.78, 5) is 16.7. The molecule has 1 unspecified atom stereocenters. The van der Waals surface area contributed by atoms with Crippen LogP contribution in [-0.4, -0.2) is 42.8 Å². The van der Waals surface area contributed by atoms with Gasteiger partial charge >= 0.3 is 0 Å². The molecule has 24 heavy (non-hydrogen) atoms. The number of rotatable bonds is 7. The highest BCUT2D eigenvalue weighted by molar-refractivity contribution is 5.80. The number of carbonyl (C=O) groups excluding carboxylic acids is 1. The Morgan fingerprint density at radius 1 is 1.33 bits per heavy atom. The van der Waals surface area contributed by atoms with Crippen LogP contribution in [0.5, 0.6) is 0 Å². The zero-order chi connectivity index (χ0) is 16.8. The monoisotopic (exact) mass is 327 g/mol. The van der Waals surface area contributed by atoms with Crippen molar-refractivity contribution >= 4 is 5.91 Å². The Bertz CT molecular complexity index is 770. The van der Waals surface area contributed by atoms with Gasteiger partial charge in [-0.15, -0.1) is 5.10 Å². The first-order chi connectivity index (χ1) is 11.7. The van der Waals surface area contributed by atoms with Crippen molar-refractivity contribution in [2.75, 3.05) is 6.54 Å². The molecular formula is C15H17N7O2. The van der Waals surface area contributed by atoms with Crippen molar-refractivity contribution in [3.05, 3.63) is 53.9 Å². The third kappa shape index (κ3) is 4.00. The van der Waals surface area contributed by atoms with Crippen LogP contribution in [0.1, 0.15) is 23.3 Å². The van der Waals surface area contributed by atoms with Gasteiger partial charge in [0.05, 0.1) is 0 Å². The highest BCUT2D eigenvalue weighted by atomic mass is 16.5. The molecule has 0 aliphatic carbocycles. The summed E-state index contributed by atoms with van der Waals surface area (Å²) in [6, 6.07) is 9.21. The lowest BCUT2D eigenvalue weighted by Gasteiger charge is -2.16. The third-order valence-corrected chi connectivity index (χ3v) is 3.48. The van der Waals surface area contributed by atoms with E-state index in [9.17, 15) is 4.79 Å². The lowest BCUT2D eigenvalue weighted by Crippen LogP contribution is -2.35. The van der Waals surface area contributed by atoms with Crippen LogP contribution in [0.15, 0.2) is 41.2 Å². The number of aryl methyl sites for hydroxylation is 1. The molecule has 2 heterocycles. The maximum absolute atomic E-state index is 12.5. The van der Waals surface area contributed by atoms with Gasteiger partial charge in [0.2, 0.25) is 11.8 Å². The number of hydrogen-bond donors (Lipinski definition) is 1.